The van der Waals surface area contributed by atoms with Crippen molar-refractivity contribution in [3.05, 3.63) is 54.6 Å². The Morgan fingerprint density at radius 2 is 1.53 bits per heavy atom. The van der Waals surface area contributed by atoms with E-state index in [9.17, 15) is 0 Å². The second-order valence-corrected chi connectivity index (χ2v) is 4.23. The summed E-state index contributed by atoms with van der Waals surface area (Å²) in [5.41, 5.74) is 0. The number of para-hydroxylation sites is 1. The Hall–Kier alpha value is -2.47. The van der Waals surface area contributed by atoms with Crippen LogP contribution in [0.25, 0.3) is 0 Å². The van der Waals surface area contributed by atoms with Crippen molar-refractivity contribution >= 4 is 0 Å². The molecule has 0 heterocycles. The normalized spacial score (nSPS) is 11.4. The zero-order valence-corrected chi connectivity index (χ0v) is 10.7. The van der Waals surface area contributed by atoms with Gasteiger partial charge < -0.3 is 9.47 Å². The van der Waals surface area contributed by atoms with Gasteiger partial charge in [-0.15, -0.1) is 0 Å². The van der Waals surface area contributed by atoms with Crippen molar-refractivity contribution in [2.75, 3.05) is 6.61 Å². The summed E-state index contributed by atoms with van der Waals surface area (Å²) in [6, 6.07) is 19.1. The maximum atomic E-state index is 8.67. The molecule has 1 unspecified atom stereocenters. The van der Waals surface area contributed by atoms with E-state index in [0.29, 0.717) is 6.61 Å². The van der Waals surface area contributed by atoms with E-state index in [1.165, 1.54) is 0 Å². The number of hydrogen-bond acceptors (Lipinski definition) is 3. The minimum Gasteiger partial charge on any atom is -0.492 e. The Morgan fingerprint density at radius 3 is 2.16 bits per heavy atom. The van der Waals surface area contributed by atoms with Crippen LogP contribution in [0.4, 0.5) is 0 Å². The minimum atomic E-state index is -0.111. The van der Waals surface area contributed by atoms with Crippen LogP contribution in [0.15, 0.2) is 54.6 Å². The lowest BCUT2D eigenvalue weighted by Crippen LogP contribution is -2.05. The summed E-state index contributed by atoms with van der Waals surface area (Å²) in [6.07, 6.45) is 0. The van der Waals surface area contributed by atoms with Crippen LogP contribution in [-0.2, 0) is 0 Å². The lowest BCUT2D eigenvalue weighted by molar-refractivity contribution is 0.288. The van der Waals surface area contributed by atoms with E-state index in [1.807, 2.05) is 61.5 Å². The van der Waals surface area contributed by atoms with Gasteiger partial charge >= 0.3 is 0 Å². The highest BCUT2D eigenvalue weighted by Crippen LogP contribution is 2.23. The van der Waals surface area contributed by atoms with Gasteiger partial charge in [0.25, 0.3) is 0 Å². The first-order chi connectivity index (χ1) is 9.28. The molecular weight excluding hydrogens is 238 g/mol. The Balaban J connectivity index is 1.93. The van der Waals surface area contributed by atoms with Crippen molar-refractivity contribution < 1.29 is 9.47 Å². The number of nitriles is 1. The van der Waals surface area contributed by atoms with E-state index < -0.39 is 0 Å². The zero-order valence-electron chi connectivity index (χ0n) is 10.7. The van der Waals surface area contributed by atoms with Crippen LogP contribution in [0.3, 0.4) is 0 Å². The molecule has 19 heavy (non-hydrogen) atoms. The second kappa shape index (κ2) is 6.46. The fraction of sp³-hybridized carbons (Fsp3) is 0.188. The quantitative estimate of drug-likeness (QED) is 0.808. The third-order valence-electron chi connectivity index (χ3n) is 2.52. The van der Waals surface area contributed by atoms with Crippen LogP contribution < -0.4 is 9.47 Å². The van der Waals surface area contributed by atoms with Crippen molar-refractivity contribution in [1.82, 2.24) is 0 Å². The number of ether oxygens (including phenoxy) is 2. The highest BCUT2D eigenvalue weighted by atomic mass is 16.5. The van der Waals surface area contributed by atoms with Crippen LogP contribution in [0.2, 0.25) is 0 Å². The number of nitrogens with zero attached hydrogens (tertiary/aromatic N) is 1. The average Bonchev–Trinajstić information content (AvgIpc) is 2.47. The van der Waals surface area contributed by atoms with Gasteiger partial charge in [-0.25, -0.2) is 0 Å². The predicted molar refractivity (Wildman–Crippen MR) is 73.2 cm³/mol. The molecule has 3 heteroatoms. The third kappa shape index (κ3) is 4.04. The molecule has 0 aliphatic rings. The lowest BCUT2D eigenvalue weighted by atomic mass is 10.2. The maximum Gasteiger partial charge on any atom is 0.127 e. The molecule has 3 nitrogen and oxygen atoms in total. The molecule has 96 valence electrons. The Kier molecular flexibility index (Phi) is 4.41. The highest BCUT2D eigenvalue weighted by molar-refractivity contribution is 5.35. The highest BCUT2D eigenvalue weighted by Gasteiger charge is 2.02. The average molecular weight is 253 g/mol. The fourth-order valence-corrected chi connectivity index (χ4v) is 1.49. The Labute approximate surface area is 113 Å². The van der Waals surface area contributed by atoms with Crippen molar-refractivity contribution in [3.63, 3.8) is 0 Å². The smallest absolute Gasteiger partial charge is 0.127 e. The molecule has 0 saturated carbocycles. The number of hydrogen-bond donors (Lipinski definition) is 0. The first kappa shape index (κ1) is 13.0. The fourth-order valence-electron chi connectivity index (χ4n) is 1.49. The van der Waals surface area contributed by atoms with Crippen LogP contribution in [0, 0.1) is 17.2 Å². The Bertz CT molecular complexity index is 543. The molecule has 0 aliphatic carbocycles. The molecule has 0 amide bonds. The second-order valence-electron chi connectivity index (χ2n) is 4.23. The number of benzene rings is 2. The zero-order chi connectivity index (χ0) is 13.5. The van der Waals surface area contributed by atoms with Gasteiger partial charge in [-0.05, 0) is 43.3 Å². The largest absolute Gasteiger partial charge is 0.492 e. The summed E-state index contributed by atoms with van der Waals surface area (Å²) in [4.78, 5) is 0. The van der Waals surface area contributed by atoms with Gasteiger partial charge in [0.15, 0.2) is 0 Å². The molecule has 1 atom stereocenters. The molecule has 0 fully saturated rings. The maximum absolute atomic E-state index is 8.67. The van der Waals surface area contributed by atoms with E-state index >= 15 is 0 Å². The number of rotatable bonds is 5. The summed E-state index contributed by atoms with van der Waals surface area (Å²) >= 11 is 0. The minimum absolute atomic E-state index is 0.111. The Morgan fingerprint density at radius 1 is 0.947 bits per heavy atom. The molecule has 0 spiro atoms. The van der Waals surface area contributed by atoms with Gasteiger partial charge in [-0.3, -0.25) is 0 Å². The molecule has 2 aromatic carbocycles. The SMILES string of the molecule is CC(C#N)COc1ccc(Oc2ccccc2)cc1. The molecule has 0 aliphatic heterocycles. The molecule has 2 rings (SSSR count). The van der Waals surface area contributed by atoms with Gasteiger partial charge in [-0.1, -0.05) is 18.2 Å². The van der Waals surface area contributed by atoms with Crippen LogP contribution in [0.5, 0.6) is 17.2 Å². The van der Waals surface area contributed by atoms with Crippen molar-refractivity contribution in [2.24, 2.45) is 5.92 Å². The van der Waals surface area contributed by atoms with E-state index in [2.05, 4.69) is 6.07 Å². The topological polar surface area (TPSA) is 42.2 Å². The lowest BCUT2D eigenvalue weighted by Gasteiger charge is -2.09. The molecule has 0 aromatic heterocycles. The van der Waals surface area contributed by atoms with Crippen LogP contribution >= 0.6 is 0 Å². The third-order valence-corrected chi connectivity index (χ3v) is 2.52. The molecule has 2 aromatic rings. The van der Waals surface area contributed by atoms with Gasteiger partial charge in [-0.2, -0.15) is 5.26 Å². The molecule has 0 saturated heterocycles. The summed E-state index contributed by atoms with van der Waals surface area (Å²) in [5, 5.41) is 8.67. The molecule has 0 radical (unpaired) electrons. The summed E-state index contributed by atoms with van der Waals surface area (Å²) in [7, 11) is 0. The molecule has 0 N–H and O–H groups in total. The summed E-state index contributed by atoms with van der Waals surface area (Å²) < 4.78 is 11.2. The van der Waals surface area contributed by atoms with E-state index in [1.54, 1.807) is 0 Å². The van der Waals surface area contributed by atoms with E-state index in [4.69, 9.17) is 14.7 Å². The predicted octanol–water partition coefficient (Wildman–Crippen LogP) is 4.02. The van der Waals surface area contributed by atoms with E-state index in [0.717, 1.165) is 17.2 Å². The van der Waals surface area contributed by atoms with Crippen molar-refractivity contribution in [1.29, 1.82) is 5.26 Å². The van der Waals surface area contributed by atoms with Crippen LogP contribution in [0.1, 0.15) is 6.92 Å². The standard InChI is InChI=1S/C16H15NO2/c1-13(11-17)12-18-14-7-9-16(10-8-14)19-15-5-3-2-4-6-15/h2-10,13H,12H2,1H3. The molecular formula is C16H15NO2. The molecule has 0 bridgehead atoms. The first-order valence-corrected chi connectivity index (χ1v) is 6.13. The van der Waals surface area contributed by atoms with Gasteiger partial charge in [0, 0.05) is 0 Å². The van der Waals surface area contributed by atoms with Gasteiger partial charge in [0.05, 0.1) is 12.0 Å². The monoisotopic (exact) mass is 253 g/mol. The van der Waals surface area contributed by atoms with E-state index in [-0.39, 0.29) is 5.92 Å². The van der Waals surface area contributed by atoms with Crippen molar-refractivity contribution in [3.8, 4) is 23.3 Å². The first-order valence-electron chi connectivity index (χ1n) is 6.13. The summed E-state index contributed by atoms with van der Waals surface area (Å²) in [6.45, 7) is 2.22. The van der Waals surface area contributed by atoms with Gasteiger partial charge in [0.2, 0.25) is 0 Å². The summed E-state index contributed by atoms with van der Waals surface area (Å²) in [5.74, 6) is 2.18. The van der Waals surface area contributed by atoms with Crippen molar-refractivity contribution in [2.45, 2.75) is 6.92 Å². The van der Waals surface area contributed by atoms with Crippen LogP contribution in [-0.4, -0.2) is 6.61 Å². The van der Waals surface area contributed by atoms with Gasteiger partial charge in [0.1, 0.15) is 23.9 Å².